The summed E-state index contributed by atoms with van der Waals surface area (Å²) in [4.78, 5) is 18.8. The molecular weight excluding hydrogens is 917 g/mol. The highest BCUT2D eigenvalue weighted by Gasteiger charge is 2.39. The number of nitrogen functional groups attached to an aromatic ring is 1. The number of rotatable bonds is 19. The Kier molecular flexibility index (Phi) is 14.6. The zero-order valence-electron chi connectivity index (χ0n) is 38.1. The number of aliphatic hydroxyl groups is 1. The zero-order chi connectivity index (χ0) is 48.8. The third kappa shape index (κ3) is 11.2. The first kappa shape index (κ1) is 48.8. The number of methoxy groups -OCH3 is 3. The summed E-state index contributed by atoms with van der Waals surface area (Å²) < 4.78 is 88.9. The summed E-state index contributed by atoms with van der Waals surface area (Å²) in [6.45, 7) is 3.24. The molecule has 0 spiro atoms. The molecule has 1 amide bonds. The molecule has 20 nitrogen and oxygen atoms in total. The number of H-pyrrole nitrogens is 1. The van der Waals surface area contributed by atoms with Crippen LogP contribution >= 0.6 is 0 Å². The molecule has 0 aliphatic heterocycles. The molecular formula is C46H52N10O10S2. The first-order chi connectivity index (χ1) is 32.4. The minimum atomic E-state index is -5.04. The van der Waals surface area contributed by atoms with Crippen molar-refractivity contribution >= 4 is 43.1 Å². The smallest absolute Gasteiger partial charge is 0.407 e. The molecule has 0 saturated carbocycles. The zero-order valence-corrected chi connectivity index (χ0v) is 39.8. The highest BCUT2D eigenvalue weighted by atomic mass is 32.2. The van der Waals surface area contributed by atoms with Gasteiger partial charge in [-0.05, 0) is 102 Å². The molecule has 0 unspecified atom stereocenters. The molecule has 0 radical (unpaired) electrons. The predicted molar refractivity (Wildman–Crippen MR) is 253 cm³/mol. The average Bonchev–Trinajstić information content (AvgIpc) is 3.95. The normalized spacial score (nSPS) is 12.5. The van der Waals surface area contributed by atoms with Crippen LogP contribution in [0, 0.1) is 0 Å². The Morgan fingerprint density at radius 1 is 0.809 bits per heavy atom. The van der Waals surface area contributed by atoms with Crippen LogP contribution in [0.5, 0.6) is 17.2 Å². The summed E-state index contributed by atoms with van der Waals surface area (Å²) in [6.07, 6.45) is -0.866. The number of benzene rings is 5. The maximum Gasteiger partial charge on any atom is 0.407 e. The van der Waals surface area contributed by atoms with Crippen molar-refractivity contribution in [1.29, 1.82) is 0 Å². The predicted octanol–water partition coefficient (Wildman–Crippen LogP) is 5.09. The number of carbonyl (C=O) groups excluding carboxylic acids is 1. The van der Waals surface area contributed by atoms with E-state index in [1.807, 2.05) is 0 Å². The summed E-state index contributed by atoms with van der Waals surface area (Å²) in [5.74, 6) is 1.61. The molecule has 0 saturated heterocycles. The number of sulfonamides is 2. The molecule has 68 heavy (non-hydrogen) atoms. The average molecular weight is 969 g/mol. The van der Waals surface area contributed by atoms with E-state index >= 15 is 16.8 Å². The second-order valence-electron chi connectivity index (χ2n) is 16.5. The molecule has 6 N–H and O–H groups in total. The number of alkyl carbamates (subject to hydrolysis) is 1. The summed E-state index contributed by atoms with van der Waals surface area (Å²) in [6, 6.07) is 27.0. The van der Waals surface area contributed by atoms with Crippen molar-refractivity contribution in [2.24, 2.45) is 0 Å². The first-order valence-electron chi connectivity index (χ1n) is 21.1. The van der Waals surface area contributed by atoms with Crippen LogP contribution in [0.15, 0.2) is 113 Å². The van der Waals surface area contributed by atoms with Gasteiger partial charge in [0.15, 0.2) is 11.8 Å². The number of nitrogens with one attached hydrogen (secondary N) is 3. The Morgan fingerprint density at radius 2 is 1.38 bits per heavy atom. The van der Waals surface area contributed by atoms with E-state index in [1.54, 1.807) is 112 Å². The molecule has 0 aliphatic rings. The number of hydrogen-bond acceptors (Lipinski definition) is 15. The number of aromatic amines is 1. The van der Waals surface area contributed by atoms with Crippen LogP contribution in [-0.2, 0) is 44.4 Å². The lowest BCUT2D eigenvalue weighted by molar-refractivity contribution is 0.0519. The van der Waals surface area contributed by atoms with Crippen LogP contribution in [0.25, 0.3) is 33.5 Å². The highest BCUT2D eigenvalue weighted by Crippen LogP contribution is 2.43. The van der Waals surface area contributed by atoms with Crippen LogP contribution in [0.2, 0.25) is 0 Å². The van der Waals surface area contributed by atoms with E-state index in [4.69, 9.17) is 24.7 Å². The third-order valence-corrected chi connectivity index (χ3v) is 14.1. The quantitative estimate of drug-likeness (QED) is 0.0706. The second-order valence-corrected chi connectivity index (χ2v) is 20.1. The van der Waals surface area contributed by atoms with E-state index in [-0.39, 0.29) is 42.5 Å². The van der Waals surface area contributed by atoms with E-state index in [9.17, 15) is 9.90 Å². The van der Waals surface area contributed by atoms with Crippen LogP contribution in [-0.4, -0.2) is 109 Å². The van der Waals surface area contributed by atoms with Gasteiger partial charge in [0.2, 0.25) is 20.0 Å². The van der Waals surface area contributed by atoms with Gasteiger partial charge in [0.25, 0.3) is 0 Å². The number of ether oxygens (including phenoxy) is 4. The van der Waals surface area contributed by atoms with E-state index in [0.29, 0.717) is 50.5 Å². The fourth-order valence-corrected chi connectivity index (χ4v) is 11.0. The number of carbonyl (C=O) groups is 1. The van der Waals surface area contributed by atoms with E-state index in [1.165, 1.54) is 32.1 Å². The number of imidazole rings is 1. The molecule has 5 aromatic carbocycles. The van der Waals surface area contributed by atoms with Crippen molar-refractivity contribution < 1.29 is 45.7 Å². The Hall–Kier alpha value is -7.11. The summed E-state index contributed by atoms with van der Waals surface area (Å²) in [7, 11) is -5.46. The van der Waals surface area contributed by atoms with Crippen molar-refractivity contribution in [3.05, 3.63) is 120 Å². The first-order valence-corrected chi connectivity index (χ1v) is 24.0. The molecule has 2 aromatic heterocycles. The van der Waals surface area contributed by atoms with Gasteiger partial charge < -0.3 is 40.1 Å². The van der Waals surface area contributed by atoms with Gasteiger partial charge in [0.05, 0.1) is 57.1 Å². The molecule has 7 aromatic rings. The number of fused-ring (bicyclic) bond motifs is 1. The van der Waals surface area contributed by atoms with E-state index in [0.717, 1.165) is 10.4 Å². The Bertz CT molecular complexity index is 3050. The Morgan fingerprint density at radius 3 is 1.93 bits per heavy atom. The van der Waals surface area contributed by atoms with Crippen molar-refractivity contribution in [3.63, 3.8) is 0 Å². The summed E-state index contributed by atoms with van der Waals surface area (Å²) in [5, 5.41) is 25.6. The van der Waals surface area contributed by atoms with Gasteiger partial charge in [-0.25, -0.2) is 36.0 Å². The van der Waals surface area contributed by atoms with Crippen molar-refractivity contribution in [1.82, 2.24) is 44.5 Å². The minimum absolute atomic E-state index is 0.00433. The number of aromatic nitrogens is 6. The fraction of sp³-hybridized carbons (Fsp3) is 0.283. The molecule has 0 aliphatic carbocycles. The third-order valence-electron chi connectivity index (χ3n) is 10.5. The number of nitrogens with two attached hydrogens (primary N) is 1. The highest BCUT2D eigenvalue weighted by molar-refractivity contribution is 7.92. The molecule has 0 bridgehead atoms. The number of tetrazole rings is 1. The topological polar surface area (TPSA) is 268 Å². The number of aliphatic hydroxyl groups excluding tert-OH is 1. The maximum absolute atomic E-state index is 16.2. The van der Waals surface area contributed by atoms with Crippen molar-refractivity contribution in [2.75, 3.05) is 40.2 Å². The minimum Gasteiger partial charge on any atom is -0.497 e. The molecule has 22 heteroatoms. The van der Waals surface area contributed by atoms with Gasteiger partial charge in [-0.2, -0.15) is 4.31 Å². The standard InChI is InChI=1S/C46H52N10O10S2/c1-46(2,3)66-45(58)48-24-32(28-57)52-67(59,60)39-23-22-36(37-8-7-9-38-41(37)50-44(47)49-38)40(43-51-53-54-56(43)27-31-14-20-35(65-6)21-15-31)42(39)68(61,62)55(25-29-10-16-33(63-4)17-11-29)26-30-12-18-34(64-5)19-13-30/h7-23,32,52,57H,24-28H2,1-6H3,(H,48,58)(H3,47,49,50)/t32-/m0/s1. The maximum atomic E-state index is 16.2. The Balaban J connectivity index is 1.51. The van der Waals surface area contributed by atoms with Crippen molar-refractivity contribution in [3.8, 4) is 39.8 Å². The number of nitrogens with zero attached hydrogens (tertiary/aromatic N) is 6. The number of hydrogen-bond donors (Lipinski definition) is 5. The molecule has 1 atom stereocenters. The van der Waals surface area contributed by atoms with E-state index in [2.05, 4.69) is 35.5 Å². The lowest BCUT2D eigenvalue weighted by Crippen LogP contribution is -2.47. The number of anilines is 1. The number of amides is 1. The molecule has 0 fully saturated rings. The lowest BCUT2D eigenvalue weighted by Gasteiger charge is -2.27. The van der Waals surface area contributed by atoms with Crippen molar-refractivity contribution in [2.45, 2.75) is 61.8 Å². The van der Waals surface area contributed by atoms with Crippen LogP contribution in [0.3, 0.4) is 0 Å². The van der Waals surface area contributed by atoms with Gasteiger partial charge in [-0.15, -0.1) is 5.10 Å². The van der Waals surface area contributed by atoms with Gasteiger partial charge >= 0.3 is 6.09 Å². The summed E-state index contributed by atoms with van der Waals surface area (Å²) in [5.41, 5.74) is 8.28. The molecule has 358 valence electrons. The van der Waals surface area contributed by atoms with Crippen LogP contribution < -0.4 is 30.0 Å². The summed E-state index contributed by atoms with van der Waals surface area (Å²) >= 11 is 0. The monoisotopic (exact) mass is 968 g/mol. The Labute approximate surface area is 393 Å². The fourth-order valence-electron chi connectivity index (χ4n) is 7.31. The second kappa shape index (κ2) is 20.4. The van der Waals surface area contributed by atoms with Gasteiger partial charge in [-0.1, -0.05) is 54.6 Å². The van der Waals surface area contributed by atoms with Gasteiger partial charge in [0.1, 0.15) is 32.6 Å². The van der Waals surface area contributed by atoms with Crippen LogP contribution in [0.1, 0.15) is 37.5 Å². The van der Waals surface area contributed by atoms with Gasteiger partial charge in [-0.3, -0.25) is 0 Å². The van der Waals surface area contributed by atoms with E-state index < -0.39 is 60.7 Å². The molecule has 2 heterocycles. The lowest BCUT2D eigenvalue weighted by atomic mass is 9.97. The number of para-hydroxylation sites is 1. The largest absolute Gasteiger partial charge is 0.497 e. The SMILES string of the molecule is COc1ccc(CN(Cc2ccc(OC)cc2)S(=O)(=O)c2c(S(=O)(=O)N[C@H](CO)CNC(=O)OC(C)(C)C)ccc(-c3cccc4[nH]c(N)nc34)c2-c2nnnn2Cc2ccc(OC)cc2)cc1. The van der Waals surface area contributed by atoms with Crippen LogP contribution in [0.4, 0.5) is 10.7 Å². The van der Waals surface area contributed by atoms with Gasteiger partial charge in [0, 0.05) is 25.2 Å². The molecule has 7 rings (SSSR count).